The molecule has 0 saturated carbocycles. The number of hydrogen-bond donors (Lipinski definition) is 1. The van der Waals surface area contributed by atoms with Gasteiger partial charge in [0.1, 0.15) is 5.65 Å². The van der Waals surface area contributed by atoms with Crippen LogP contribution in [0.2, 0.25) is 10.0 Å². The molecule has 2 aromatic heterocycles. The molecule has 0 spiro atoms. The number of thioether (sulfide) groups is 1. The summed E-state index contributed by atoms with van der Waals surface area (Å²) in [5.74, 6) is 0.255. The summed E-state index contributed by atoms with van der Waals surface area (Å²) in [6.07, 6.45) is 4.62. The number of nitrogens with one attached hydrogen (secondary N) is 1. The zero-order chi connectivity index (χ0) is 16.9. The average Bonchev–Trinajstić information content (AvgIpc) is 2.98. The zero-order valence-corrected chi connectivity index (χ0v) is 15.0. The third-order valence-electron chi connectivity index (χ3n) is 3.37. The number of fused-ring (bicyclic) bond motifs is 1. The number of carbonyl (C=O) groups is 1. The van der Waals surface area contributed by atoms with Crippen LogP contribution < -0.4 is 5.32 Å². The van der Waals surface area contributed by atoms with Crippen molar-refractivity contribution in [2.75, 3.05) is 12.3 Å². The first-order chi connectivity index (χ1) is 11.6. The molecule has 0 aliphatic rings. The number of nitrogens with zero attached hydrogens (tertiary/aromatic N) is 2. The molecule has 0 radical (unpaired) electrons. The van der Waals surface area contributed by atoms with Crippen molar-refractivity contribution in [1.29, 1.82) is 0 Å². The molecule has 1 N–H and O–H groups in total. The van der Waals surface area contributed by atoms with Crippen LogP contribution in [0.15, 0.2) is 53.7 Å². The minimum absolute atomic E-state index is 0.0418. The van der Waals surface area contributed by atoms with Gasteiger partial charge in [0, 0.05) is 35.3 Å². The monoisotopic (exact) mass is 379 g/mol. The Labute approximate surface area is 154 Å². The summed E-state index contributed by atoms with van der Waals surface area (Å²) < 4.78 is 1.97. The summed E-state index contributed by atoms with van der Waals surface area (Å²) >= 11 is 13.4. The Morgan fingerprint density at radius 1 is 1.25 bits per heavy atom. The summed E-state index contributed by atoms with van der Waals surface area (Å²) in [5.41, 5.74) is 1.86. The molecule has 24 heavy (non-hydrogen) atoms. The number of imidazole rings is 1. The van der Waals surface area contributed by atoms with Gasteiger partial charge >= 0.3 is 0 Å². The average molecular weight is 380 g/mol. The molecule has 0 saturated heterocycles. The topological polar surface area (TPSA) is 46.4 Å². The van der Waals surface area contributed by atoms with Crippen molar-refractivity contribution in [2.24, 2.45) is 0 Å². The van der Waals surface area contributed by atoms with E-state index < -0.39 is 0 Å². The van der Waals surface area contributed by atoms with Crippen LogP contribution in [0.3, 0.4) is 0 Å². The van der Waals surface area contributed by atoms with Gasteiger partial charge in [-0.1, -0.05) is 29.3 Å². The van der Waals surface area contributed by atoms with Gasteiger partial charge in [0.15, 0.2) is 0 Å². The predicted molar refractivity (Wildman–Crippen MR) is 99.1 cm³/mol. The van der Waals surface area contributed by atoms with Gasteiger partial charge in [0.25, 0.3) is 0 Å². The number of rotatable bonds is 6. The Bertz CT molecular complexity index is 833. The van der Waals surface area contributed by atoms with Gasteiger partial charge in [0.2, 0.25) is 5.91 Å². The first-order valence-corrected chi connectivity index (χ1v) is 9.13. The van der Waals surface area contributed by atoms with Crippen LogP contribution in [-0.2, 0) is 11.2 Å². The molecule has 3 aromatic rings. The fourth-order valence-electron chi connectivity index (χ4n) is 2.22. The number of amides is 1. The van der Waals surface area contributed by atoms with Crippen molar-refractivity contribution in [2.45, 2.75) is 11.3 Å². The number of pyridine rings is 1. The van der Waals surface area contributed by atoms with E-state index >= 15 is 0 Å². The molecular formula is C17H15Cl2N3OS. The van der Waals surface area contributed by atoms with Crippen molar-refractivity contribution in [3.8, 4) is 0 Å². The van der Waals surface area contributed by atoms with Crippen LogP contribution in [0.5, 0.6) is 0 Å². The van der Waals surface area contributed by atoms with E-state index in [1.165, 1.54) is 11.8 Å². The first kappa shape index (κ1) is 17.1. The van der Waals surface area contributed by atoms with Gasteiger partial charge in [-0.15, -0.1) is 11.8 Å². The van der Waals surface area contributed by atoms with Gasteiger partial charge in [-0.2, -0.15) is 0 Å². The molecule has 124 valence electrons. The lowest BCUT2D eigenvalue weighted by atomic mass is 10.3. The molecule has 4 nitrogen and oxygen atoms in total. The van der Waals surface area contributed by atoms with Gasteiger partial charge in [0.05, 0.1) is 16.5 Å². The summed E-state index contributed by atoms with van der Waals surface area (Å²) in [7, 11) is 0. The summed E-state index contributed by atoms with van der Waals surface area (Å²) in [6, 6.07) is 11.1. The highest BCUT2D eigenvalue weighted by Crippen LogP contribution is 2.29. The molecule has 0 unspecified atom stereocenters. The molecular weight excluding hydrogens is 365 g/mol. The second kappa shape index (κ2) is 7.92. The number of aromatic nitrogens is 2. The lowest BCUT2D eigenvalue weighted by molar-refractivity contribution is -0.118. The molecule has 0 atom stereocenters. The highest BCUT2D eigenvalue weighted by atomic mass is 35.5. The fourth-order valence-corrected chi connectivity index (χ4v) is 3.54. The minimum atomic E-state index is -0.0418. The standard InChI is InChI=1S/C17H15Cl2N3OS/c18-12-4-5-14(19)15(9-12)24-11-17(23)20-7-6-13-10-22-8-2-1-3-16(22)21-13/h1-5,8-10H,6-7,11H2,(H,20,23). The molecule has 3 rings (SSSR count). The molecule has 1 aromatic carbocycles. The maximum atomic E-state index is 11.9. The van der Waals surface area contributed by atoms with E-state index in [4.69, 9.17) is 23.2 Å². The Hall–Kier alpha value is -1.69. The normalized spacial score (nSPS) is 10.9. The molecule has 0 aliphatic carbocycles. The summed E-state index contributed by atoms with van der Waals surface area (Å²) in [4.78, 5) is 17.2. The molecule has 7 heteroatoms. The van der Waals surface area contributed by atoms with E-state index in [0.717, 1.165) is 16.2 Å². The molecule has 1 amide bonds. The SMILES string of the molecule is O=C(CSc1cc(Cl)ccc1Cl)NCCc1cn2ccccc2n1. The van der Waals surface area contributed by atoms with Crippen LogP contribution in [0, 0.1) is 0 Å². The van der Waals surface area contributed by atoms with E-state index in [1.54, 1.807) is 18.2 Å². The predicted octanol–water partition coefficient (Wildman–Crippen LogP) is 4.09. The Morgan fingerprint density at radius 2 is 2.12 bits per heavy atom. The van der Waals surface area contributed by atoms with Crippen molar-refractivity contribution < 1.29 is 4.79 Å². The molecule has 0 bridgehead atoms. The maximum absolute atomic E-state index is 11.9. The Morgan fingerprint density at radius 3 is 2.96 bits per heavy atom. The number of carbonyl (C=O) groups excluding carboxylic acids is 1. The number of halogens is 2. The largest absolute Gasteiger partial charge is 0.355 e. The van der Waals surface area contributed by atoms with E-state index in [0.29, 0.717) is 28.8 Å². The van der Waals surface area contributed by atoms with Crippen LogP contribution in [-0.4, -0.2) is 27.6 Å². The zero-order valence-electron chi connectivity index (χ0n) is 12.7. The minimum Gasteiger partial charge on any atom is -0.355 e. The van der Waals surface area contributed by atoms with Crippen molar-refractivity contribution in [3.05, 3.63) is 64.5 Å². The highest BCUT2D eigenvalue weighted by molar-refractivity contribution is 8.00. The van der Waals surface area contributed by atoms with Crippen molar-refractivity contribution in [1.82, 2.24) is 14.7 Å². The Kier molecular flexibility index (Phi) is 5.66. The second-order valence-corrected chi connectivity index (χ2v) is 7.02. The third kappa shape index (κ3) is 4.44. The number of benzene rings is 1. The van der Waals surface area contributed by atoms with Crippen molar-refractivity contribution in [3.63, 3.8) is 0 Å². The molecule has 0 fully saturated rings. The lowest BCUT2D eigenvalue weighted by Crippen LogP contribution is -2.27. The highest BCUT2D eigenvalue weighted by Gasteiger charge is 2.07. The maximum Gasteiger partial charge on any atom is 0.230 e. The van der Waals surface area contributed by atoms with Gasteiger partial charge in [-0.25, -0.2) is 4.98 Å². The lowest BCUT2D eigenvalue weighted by Gasteiger charge is -2.06. The second-order valence-electron chi connectivity index (χ2n) is 5.16. The summed E-state index contributed by atoms with van der Waals surface area (Å²) in [5, 5.41) is 4.10. The molecule has 2 heterocycles. The fraction of sp³-hybridized carbons (Fsp3) is 0.176. The van der Waals surface area contributed by atoms with E-state index in [1.807, 2.05) is 35.0 Å². The Balaban J connectivity index is 1.46. The van der Waals surface area contributed by atoms with E-state index in [-0.39, 0.29) is 5.91 Å². The quantitative estimate of drug-likeness (QED) is 0.656. The smallest absolute Gasteiger partial charge is 0.230 e. The van der Waals surface area contributed by atoms with Crippen LogP contribution in [0.1, 0.15) is 5.69 Å². The molecule has 0 aliphatic heterocycles. The van der Waals surface area contributed by atoms with Crippen LogP contribution >= 0.6 is 35.0 Å². The van der Waals surface area contributed by atoms with Gasteiger partial charge in [-0.05, 0) is 30.3 Å². The van der Waals surface area contributed by atoms with Crippen molar-refractivity contribution >= 4 is 46.5 Å². The van der Waals surface area contributed by atoms with Gasteiger partial charge in [-0.3, -0.25) is 4.79 Å². The van der Waals surface area contributed by atoms with Crippen LogP contribution in [0.25, 0.3) is 5.65 Å². The van der Waals surface area contributed by atoms with E-state index in [9.17, 15) is 4.79 Å². The van der Waals surface area contributed by atoms with Crippen LogP contribution in [0.4, 0.5) is 0 Å². The summed E-state index contributed by atoms with van der Waals surface area (Å²) in [6.45, 7) is 0.548. The van der Waals surface area contributed by atoms with Gasteiger partial charge < -0.3 is 9.72 Å². The third-order valence-corrected chi connectivity index (χ3v) is 5.10. The number of hydrogen-bond acceptors (Lipinski definition) is 3. The first-order valence-electron chi connectivity index (χ1n) is 7.39. The van der Waals surface area contributed by atoms with E-state index in [2.05, 4.69) is 10.3 Å².